The van der Waals surface area contributed by atoms with Gasteiger partial charge in [0.05, 0.1) is 40.0 Å². The van der Waals surface area contributed by atoms with Gasteiger partial charge in [-0.3, -0.25) is 44.1 Å². The number of hydrogen-bond acceptors (Lipinski definition) is 9. The van der Waals surface area contributed by atoms with E-state index in [1.165, 1.54) is 65.3 Å². The third-order valence-corrected chi connectivity index (χ3v) is 9.84. The van der Waals surface area contributed by atoms with Crippen molar-refractivity contribution in [2.24, 2.45) is 0 Å². The molecule has 9 heteroatoms. The van der Waals surface area contributed by atoms with Crippen molar-refractivity contribution in [2.45, 2.75) is 33.5 Å². The van der Waals surface area contributed by atoms with Gasteiger partial charge < -0.3 is 0 Å². The fourth-order valence-corrected chi connectivity index (χ4v) is 8.11. The smallest absolute Gasteiger partial charge is 0.0518 e. The molecule has 52 heavy (non-hydrogen) atoms. The highest BCUT2D eigenvalue weighted by Crippen LogP contribution is 2.43. The summed E-state index contributed by atoms with van der Waals surface area (Å²) in [7, 11) is 23.9. The fraction of sp³-hybridized carbons (Fsp3) is 0.535. The molecule has 0 aliphatic carbocycles. The summed E-state index contributed by atoms with van der Waals surface area (Å²) in [5.74, 6) is 0. The quantitative estimate of drug-likeness (QED) is 0.0586. The Morgan fingerprint density at radius 2 is 0.788 bits per heavy atom. The van der Waals surface area contributed by atoms with Gasteiger partial charge in [0, 0.05) is 19.6 Å². The van der Waals surface area contributed by atoms with E-state index in [1.54, 1.807) is 0 Å². The molecule has 5 aromatic rings. The summed E-state index contributed by atoms with van der Waals surface area (Å²) in [5.41, 5.74) is 5.46. The molecule has 0 unspecified atom stereocenters. The van der Waals surface area contributed by atoms with Gasteiger partial charge in [-0.05, 0) is 181 Å². The number of rotatable bonds is 19. The highest BCUT2D eigenvalue weighted by molar-refractivity contribution is 6.33. The van der Waals surface area contributed by atoms with Crippen molar-refractivity contribution >= 4 is 43.1 Å². The van der Waals surface area contributed by atoms with Gasteiger partial charge in [0.15, 0.2) is 0 Å². The first-order valence-electron chi connectivity index (χ1n) is 18.9. The van der Waals surface area contributed by atoms with Crippen molar-refractivity contribution in [2.75, 3.05) is 124 Å². The van der Waals surface area contributed by atoms with Crippen LogP contribution in [0.4, 0.5) is 0 Å². The van der Waals surface area contributed by atoms with Crippen molar-refractivity contribution in [1.29, 1.82) is 0 Å². The van der Waals surface area contributed by atoms with E-state index in [-0.39, 0.29) is 0 Å². The average Bonchev–Trinajstić information content (AvgIpc) is 3.03. The molecule has 0 saturated carbocycles. The summed E-state index contributed by atoms with van der Waals surface area (Å²) in [6.07, 6.45) is 0. The van der Waals surface area contributed by atoms with Gasteiger partial charge in [0.25, 0.3) is 0 Å². The largest absolute Gasteiger partial charge is 0.297 e. The number of hydrogen-bond donors (Lipinski definition) is 0. The average molecular weight is 710 g/mol. The van der Waals surface area contributed by atoms with Crippen molar-refractivity contribution in [3.05, 3.63) is 70.8 Å². The first-order valence-corrected chi connectivity index (χ1v) is 18.9. The third kappa shape index (κ3) is 9.77. The van der Waals surface area contributed by atoms with Gasteiger partial charge in [0.2, 0.25) is 0 Å². The van der Waals surface area contributed by atoms with Crippen LogP contribution in [-0.2, 0) is 19.6 Å². The Kier molecular flexibility index (Phi) is 13.5. The van der Waals surface area contributed by atoms with E-state index in [2.05, 4.69) is 184 Å². The summed E-state index contributed by atoms with van der Waals surface area (Å²) in [5, 5.41) is 11.0. The minimum absolute atomic E-state index is 0.881. The minimum atomic E-state index is 0.881. The number of nitrogens with zero attached hydrogens (tertiary/aromatic N) is 9. The zero-order valence-electron chi connectivity index (χ0n) is 34.7. The molecule has 5 aromatic carbocycles. The maximum absolute atomic E-state index is 2.57. The normalized spacial score (nSPS) is 13.1. The summed E-state index contributed by atoms with van der Waals surface area (Å²) < 4.78 is 0. The summed E-state index contributed by atoms with van der Waals surface area (Å²) in [6.45, 7) is 13.6. The van der Waals surface area contributed by atoms with Gasteiger partial charge in [-0.1, -0.05) is 31.2 Å². The van der Waals surface area contributed by atoms with Crippen LogP contribution in [0.25, 0.3) is 43.1 Å². The van der Waals surface area contributed by atoms with E-state index >= 15 is 0 Å². The van der Waals surface area contributed by atoms with E-state index in [9.17, 15) is 0 Å². The molecule has 0 radical (unpaired) electrons. The molecule has 5 rings (SSSR count). The number of benzene rings is 5. The molecule has 0 spiro atoms. The Hall–Kier alpha value is -2.96. The SMILES string of the molecule is CCN(C)CN(Cc1ccc2c3ccc(C)c4cc(CN(CN(C)C)CN(C)C)cc(c5cc(CN(CN(C)C)CN(C)C)cc1c25)c43)CN(C)C. The standard InChI is InChI=1S/C43H67N9/c1-14-49(13)31-52(30-48(11)12)25-35-16-18-37-36-17-15-32(2)38-19-33(23-50(26-44(3)4)27-45(5)6)21-40(42(36)38)41-22-34(20-39(35)43(37)41)24-51(28-46(7)8)29-47(9)10/h15-22H,14,23-31H2,1-13H3. The van der Waals surface area contributed by atoms with Gasteiger partial charge in [-0.2, -0.15) is 0 Å². The topological polar surface area (TPSA) is 29.2 Å². The Morgan fingerprint density at radius 3 is 1.23 bits per heavy atom. The molecular formula is C43H67N9. The molecule has 0 aliphatic heterocycles. The van der Waals surface area contributed by atoms with Crippen LogP contribution in [0.3, 0.4) is 0 Å². The molecule has 9 nitrogen and oxygen atoms in total. The number of aryl methyl sites for hydroxylation is 1. The molecule has 0 aromatic heterocycles. The lowest BCUT2D eigenvalue weighted by Crippen LogP contribution is -2.40. The Labute approximate surface area is 314 Å². The molecule has 0 amide bonds. The zero-order chi connectivity index (χ0) is 37.9. The molecule has 0 atom stereocenters. The monoisotopic (exact) mass is 710 g/mol. The molecule has 0 fully saturated rings. The van der Waals surface area contributed by atoms with Crippen LogP contribution in [0.1, 0.15) is 29.2 Å². The molecule has 0 N–H and O–H groups in total. The molecule has 0 saturated heterocycles. The lowest BCUT2D eigenvalue weighted by Gasteiger charge is -2.31. The van der Waals surface area contributed by atoms with Crippen LogP contribution in [-0.4, -0.2) is 168 Å². The fourth-order valence-electron chi connectivity index (χ4n) is 8.11. The number of fused-ring (bicyclic) bond motifs is 2. The highest BCUT2D eigenvalue weighted by Gasteiger charge is 2.21. The van der Waals surface area contributed by atoms with Crippen LogP contribution >= 0.6 is 0 Å². The van der Waals surface area contributed by atoms with E-state index in [0.717, 1.165) is 66.2 Å². The highest BCUT2D eigenvalue weighted by atomic mass is 15.4. The Morgan fingerprint density at radius 1 is 0.404 bits per heavy atom. The first-order chi connectivity index (χ1) is 24.6. The summed E-state index contributed by atoms with van der Waals surface area (Å²) in [6, 6.07) is 19.6. The second-order valence-electron chi connectivity index (χ2n) is 16.7. The third-order valence-electron chi connectivity index (χ3n) is 9.84. The lowest BCUT2D eigenvalue weighted by atomic mass is 9.85. The van der Waals surface area contributed by atoms with E-state index in [1.807, 2.05) is 0 Å². The molecule has 284 valence electrons. The Balaban J connectivity index is 1.80. The second kappa shape index (κ2) is 17.5. The van der Waals surface area contributed by atoms with Crippen molar-refractivity contribution in [1.82, 2.24) is 44.1 Å². The van der Waals surface area contributed by atoms with Crippen LogP contribution in [0, 0.1) is 6.92 Å². The van der Waals surface area contributed by atoms with E-state index in [0.29, 0.717) is 0 Å². The summed E-state index contributed by atoms with van der Waals surface area (Å²) >= 11 is 0. The van der Waals surface area contributed by atoms with Gasteiger partial charge in [-0.25, -0.2) is 0 Å². The van der Waals surface area contributed by atoms with E-state index in [4.69, 9.17) is 0 Å². The van der Waals surface area contributed by atoms with Gasteiger partial charge >= 0.3 is 0 Å². The molecule has 0 bridgehead atoms. The molecular weight excluding hydrogens is 643 g/mol. The van der Waals surface area contributed by atoms with Crippen molar-refractivity contribution in [3.8, 4) is 0 Å². The predicted octanol–water partition coefficient (Wildman–Crippen LogP) is 5.96. The van der Waals surface area contributed by atoms with Gasteiger partial charge in [-0.15, -0.1) is 0 Å². The first kappa shape index (κ1) is 40.2. The minimum Gasteiger partial charge on any atom is -0.297 e. The van der Waals surface area contributed by atoms with Crippen LogP contribution < -0.4 is 0 Å². The summed E-state index contributed by atoms with van der Waals surface area (Å²) in [4.78, 5) is 21.4. The van der Waals surface area contributed by atoms with Crippen LogP contribution in [0.2, 0.25) is 0 Å². The van der Waals surface area contributed by atoms with Gasteiger partial charge in [0.1, 0.15) is 0 Å². The van der Waals surface area contributed by atoms with Crippen LogP contribution in [0.5, 0.6) is 0 Å². The maximum atomic E-state index is 2.57. The molecule has 0 aliphatic rings. The Bertz CT molecular complexity index is 1890. The lowest BCUT2D eigenvalue weighted by molar-refractivity contribution is 0.101. The van der Waals surface area contributed by atoms with Crippen molar-refractivity contribution in [3.63, 3.8) is 0 Å². The predicted molar refractivity (Wildman–Crippen MR) is 225 cm³/mol. The zero-order valence-corrected chi connectivity index (χ0v) is 34.7. The van der Waals surface area contributed by atoms with Crippen molar-refractivity contribution < 1.29 is 0 Å². The van der Waals surface area contributed by atoms with E-state index < -0.39 is 0 Å². The maximum Gasteiger partial charge on any atom is 0.0518 e. The molecule has 0 heterocycles. The second-order valence-corrected chi connectivity index (χ2v) is 16.7. The van der Waals surface area contributed by atoms with Crippen LogP contribution in [0.15, 0.2) is 48.5 Å².